The Balaban J connectivity index is 1.55. The zero-order valence-corrected chi connectivity index (χ0v) is 17.6. The van der Waals surface area contributed by atoms with Gasteiger partial charge in [-0.15, -0.1) is 0 Å². The highest BCUT2D eigenvalue weighted by molar-refractivity contribution is 6.34. The van der Waals surface area contributed by atoms with E-state index in [-0.39, 0.29) is 52.6 Å². The summed E-state index contributed by atoms with van der Waals surface area (Å²) in [7, 11) is 0. The highest BCUT2D eigenvalue weighted by Crippen LogP contribution is 2.56. The van der Waals surface area contributed by atoms with Gasteiger partial charge in [-0.25, -0.2) is 5.01 Å². The van der Waals surface area contributed by atoms with Crippen LogP contribution in [-0.2, 0) is 16.1 Å². The SMILES string of the molecule is O=C(c1ccccc1Cl)N(Cc1ccccc1Cl)N1C(=O)[C@@H]2[C@H]3CC[C@@H](C3)[C@H]2C1=O. The van der Waals surface area contributed by atoms with Crippen LogP contribution in [0.25, 0.3) is 0 Å². The highest BCUT2D eigenvalue weighted by atomic mass is 35.5. The lowest BCUT2D eigenvalue weighted by Gasteiger charge is -2.31. The molecule has 0 radical (unpaired) electrons. The van der Waals surface area contributed by atoms with Crippen molar-refractivity contribution in [3.8, 4) is 0 Å². The summed E-state index contributed by atoms with van der Waals surface area (Å²) in [5.41, 5.74) is 0.895. The molecule has 1 heterocycles. The predicted molar refractivity (Wildman–Crippen MR) is 112 cm³/mol. The molecular weight excluding hydrogens is 423 g/mol. The van der Waals surface area contributed by atoms with E-state index >= 15 is 0 Å². The second-order valence-electron chi connectivity index (χ2n) is 8.31. The van der Waals surface area contributed by atoms with E-state index in [0.29, 0.717) is 10.6 Å². The van der Waals surface area contributed by atoms with Crippen molar-refractivity contribution in [1.29, 1.82) is 0 Å². The van der Waals surface area contributed by atoms with Gasteiger partial charge in [-0.2, -0.15) is 5.01 Å². The summed E-state index contributed by atoms with van der Waals surface area (Å²) in [5, 5.41) is 3.04. The smallest absolute Gasteiger partial charge is 0.272 e. The second kappa shape index (κ2) is 7.40. The molecule has 1 saturated heterocycles. The van der Waals surface area contributed by atoms with Gasteiger partial charge in [0.1, 0.15) is 0 Å². The van der Waals surface area contributed by atoms with E-state index in [9.17, 15) is 14.4 Å². The van der Waals surface area contributed by atoms with Crippen LogP contribution in [0, 0.1) is 23.7 Å². The number of imide groups is 1. The summed E-state index contributed by atoms with van der Waals surface area (Å²) in [5.74, 6) is -1.20. The van der Waals surface area contributed by atoms with Gasteiger partial charge in [0.2, 0.25) is 0 Å². The van der Waals surface area contributed by atoms with Crippen LogP contribution in [0.15, 0.2) is 48.5 Å². The molecule has 4 atom stereocenters. The third-order valence-electron chi connectivity index (χ3n) is 6.76. The molecule has 0 spiro atoms. The van der Waals surface area contributed by atoms with E-state index < -0.39 is 5.91 Å². The summed E-state index contributed by atoms with van der Waals surface area (Å²) in [6.45, 7) is 0.00990. The number of amides is 3. The first-order valence-corrected chi connectivity index (χ1v) is 10.9. The Kier molecular flexibility index (Phi) is 4.83. The molecule has 0 N–H and O–H groups in total. The van der Waals surface area contributed by atoms with E-state index in [1.165, 1.54) is 5.01 Å². The molecule has 2 saturated carbocycles. The van der Waals surface area contributed by atoms with Crippen molar-refractivity contribution in [1.82, 2.24) is 10.0 Å². The molecule has 7 heteroatoms. The van der Waals surface area contributed by atoms with Gasteiger partial charge in [-0.3, -0.25) is 14.4 Å². The third-order valence-corrected chi connectivity index (χ3v) is 7.46. The van der Waals surface area contributed by atoms with E-state index in [0.717, 1.165) is 24.3 Å². The van der Waals surface area contributed by atoms with Gasteiger partial charge in [0, 0.05) is 5.02 Å². The molecule has 2 aliphatic carbocycles. The van der Waals surface area contributed by atoms with Crippen molar-refractivity contribution in [2.75, 3.05) is 0 Å². The molecule has 5 nitrogen and oxygen atoms in total. The first kappa shape index (κ1) is 19.6. The summed E-state index contributed by atoms with van der Waals surface area (Å²) in [6.07, 6.45) is 2.88. The van der Waals surface area contributed by atoms with Crippen molar-refractivity contribution in [3.05, 3.63) is 69.7 Å². The Hall–Kier alpha value is -2.37. The van der Waals surface area contributed by atoms with E-state index in [2.05, 4.69) is 0 Å². The lowest BCUT2D eigenvalue weighted by molar-refractivity contribution is -0.156. The minimum atomic E-state index is -0.491. The Morgan fingerprint density at radius 3 is 2.07 bits per heavy atom. The monoisotopic (exact) mass is 442 g/mol. The molecule has 3 aliphatic rings. The largest absolute Gasteiger partial charge is 0.274 e. The molecule has 0 aromatic heterocycles. The number of benzene rings is 2. The standard InChI is InChI=1S/C23H20Cl2N2O3/c24-17-7-3-1-5-15(17)12-26(21(28)16-6-2-4-8-18(16)25)27-22(29)19-13-9-10-14(11-13)20(19)23(27)30/h1-8,13-14,19-20H,9-12H2/t13-,14-,19+,20+/m0/s1. The molecule has 154 valence electrons. The summed E-state index contributed by atoms with van der Waals surface area (Å²) in [4.78, 5) is 40.2. The Morgan fingerprint density at radius 2 is 1.47 bits per heavy atom. The Bertz CT molecular complexity index is 1030. The number of fused-ring (bicyclic) bond motifs is 5. The van der Waals surface area contributed by atoms with E-state index in [4.69, 9.17) is 23.2 Å². The third kappa shape index (κ3) is 2.95. The van der Waals surface area contributed by atoms with Crippen molar-refractivity contribution in [2.45, 2.75) is 25.8 Å². The topological polar surface area (TPSA) is 57.7 Å². The first-order chi connectivity index (χ1) is 14.5. The van der Waals surface area contributed by atoms with Gasteiger partial charge in [0.15, 0.2) is 0 Å². The van der Waals surface area contributed by atoms with Crippen molar-refractivity contribution < 1.29 is 14.4 Å². The molecule has 2 bridgehead atoms. The van der Waals surface area contributed by atoms with Crippen molar-refractivity contribution >= 4 is 40.9 Å². The van der Waals surface area contributed by atoms with Crippen LogP contribution in [0.4, 0.5) is 0 Å². The van der Waals surface area contributed by atoms with Crippen LogP contribution >= 0.6 is 23.2 Å². The van der Waals surface area contributed by atoms with Gasteiger partial charge in [0.25, 0.3) is 17.7 Å². The molecule has 5 rings (SSSR count). The number of carbonyl (C=O) groups is 3. The first-order valence-electron chi connectivity index (χ1n) is 10.1. The van der Waals surface area contributed by atoms with Crippen molar-refractivity contribution in [3.63, 3.8) is 0 Å². The fourth-order valence-corrected chi connectivity index (χ4v) is 5.84. The molecule has 3 fully saturated rings. The Morgan fingerprint density at radius 1 is 0.900 bits per heavy atom. The van der Waals surface area contributed by atoms with Crippen LogP contribution in [0.5, 0.6) is 0 Å². The average Bonchev–Trinajstić information content (AvgIpc) is 3.42. The quantitative estimate of drug-likeness (QED) is 0.650. The summed E-state index contributed by atoms with van der Waals surface area (Å²) >= 11 is 12.6. The van der Waals surface area contributed by atoms with E-state index in [1.807, 2.05) is 6.07 Å². The van der Waals surface area contributed by atoms with Gasteiger partial charge >= 0.3 is 0 Å². The zero-order valence-electron chi connectivity index (χ0n) is 16.1. The number of hydrogen-bond donors (Lipinski definition) is 0. The van der Waals surface area contributed by atoms with Gasteiger partial charge in [-0.1, -0.05) is 53.5 Å². The number of nitrogens with zero attached hydrogens (tertiary/aromatic N) is 2. The highest BCUT2D eigenvalue weighted by Gasteiger charge is 2.62. The molecule has 3 amide bonds. The summed E-state index contributed by atoms with van der Waals surface area (Å²) in [6, 6.07) is 13.7. The maximum atomic E-state index is 13.5. The summed E-state index contributed by atoms with van der Waals surface area (Å²) < 4.78 is 0. The van der Waals surface area contributed by atoms with Gasteiger partial charge < -0.3 is 0 Å². The minimum Gasteiger partial charge on any atom is -0.272 e. The lowest BCUT2D eigenvalue weighted by Crippen LogP contribution is -2.50. The van der Waals surface area contributed by atoms with Crippen LogP contribution in [0.2, 0.25) is 10.0 Å². The zero-order chi connectivity index (χ0) is 21.0. The van der Waals surface area contributed by atoms with Crippen LogP contribution in [0.1, 0.15) is 35.2 Å². The number of rotatable bonds is 4. The molecule has 2 aromatic rings. The maximum absolute atomic E-state index is 13.5. The Labute approximate surface area is 184 Å². The molecule has 30 heavy (non-hydrogen) atoms. The van der Waals surface area contributed by atoms with Crippen LogP contribution in [-0.4, -0.2) is 27.7 Å². The molecule has 2 aromatic carbocycles. The fourth-order valence-electron chi connectivity index (χ4n) is 5.43. The number of hydrazine groups is 1. The molecular formula is C23H20Cl2N2O3. The second-order valence-corrected chi connectivity index (χ2v) is 9.12. The van der Waals surface area contributed by atoms with Gasteiger partial charge in [0.05, 0.1) is 29.0 Å². The molecule has 1 aliphatic heterocycles. The van der Waals surface area contributed by atoms with Crippen molar-refractivity contribution in [2.24, 2.45) is 23.7 Å². The fraction of sp³-hybridized carbons (Fsp3) is 0.348. The normalized spacial score (nSPS) is 26.9. The maximum Gasteiger partial charge on any atom is 0.274 e. The number of hydrogen-bond acceptors (Lipinski definition) is 3. The molecule has 0 unspecified atom stereocenters. The minimum absolute atomic E-state index is 0.00990. The van der Waals surface area contributed by atoms with Gasteiger partial charge in [-0.05, 0) is 54.9 Å². The lowest BCUT2D eigenvalue weighted by atomic mass is 9.81. The predicted octanol–water partition coefficient (Wildman–Crippen LogP) is 4.58. The van der Waals surface area contributed by atoms with Crippen LogP contribution < -0.4 is 0 Å². The number of halogens is 2. The number of carbonyl (C=O) groups excluding carboxylic acids is 3. The average molecular weight is 443 g/mol. The van der Waals surface area contributed by atoms with E-state index in [1.54, 1.807) is 42.5 Å². The van der Waals surface area contributed by atoms with Crippen LogP contribution in [0.3, 0.4) is 0 Å².